The molecule has 0 fully saturated rings. The van der Waals surface area contributed by atoms with Gasteiger partial charge in [-0.25, -0.2) is 4.79 Å². The molecule has 0 saturated heterocycles. The molecule has 1 atom stereocenters. The van der Waals surface area contributed by atoms with Gasteiger partial charge in [0.05, 0.1) is 12.7 Å². The molecule has 184 valence electrons. The molecule has 4 rings (SSSR count). The van der Waals surface area contributed by atoms with E-state index in [4.69, 9.17) is 14.2 Å². The Kier molecular flexibility index (Phi) is 7.34. The van der Waals surface area contributed by atoms with E-state index in [0.29, 0.717) is 22.7 Å². The third-order valence-electron chi connectivity index (χ3n) is 5.61. The number of H-pyrrole nitrogens is 1. The van der Waals surface area contributed by atoms with Gasteiger partial charge in [0.2, 0.25) is 5.78 Å². The number of aryl methyl sites for hydroxylation is 1. The number of anilines is 1. The second-order valence-electron chi connectivity index (χ2n) is 8.18. The summed E-state index contributed by atoms with van der Waals surface area (Å²) >= 11 is 0. The number of ketones is 1. The largest absolute Gasteiger partial charge is 0.497 e. The Morgan fingerprint density at radius 2 is 1.69 bits per heavy atom. The molecule has 1 heterocycles. The zero-order valence-electron chi connectivity index (χ0n) is 20.2. The molecular weight excluding hydrogens is 460 g/mol. The first-order valence-electron chi connectivity index (χ1n) is 11.3. The summed E-state index contributed by atoms with van der Waals surface area (Å²) in [6, 6.07) is 20.6. The minimum atomic E-state index is -0.966. The summed E-state index contributed by atoms with van der Waals surface area (Å²) in [7, 11) is 1.55. The Bertz CT molecular complexity index is 1410. The topological polar surface area (TPSA) is 107 Å². The summed E-state index contributed by atoms with van der Waals surface area (Å²) in [5.41, 5.74) is 2.94. The molecule has 1 aromatic heterocycles. The van der Waals surface area contributed by atoms with Gasteiger partial charge in [0.15, 0.2) is 12.7 Å². The van der Waals surface area contributed by atoms with Gasteiger partial charge in [-0.1, -0.05) is 24.3 Å². The lowest BCUT2D eigenvalue weighted by atomic mass is 10.0. The van der Waals surface area contributed by atoms with E-state index in [1.54, 1.807) is 50.4 Å². The molecule has 0 saturated carbocycles. The highest BCUT2D eigenvalue weighted by molar-refractivity contribution is 6.11. The third kappa shape index (κ3) is 5.55. The highest BCUT2D eigenvalue weighted by Crippen LogP contribution is 2.24. The summed E-state index contributed by atoms with van der Waals surface area (Å²) in [4.78, 5) is 41.0. The Morgan fingerprint density at radius 3 is 2.44 bits per heavy atom. The van der Waals surface area contributed by atoms with Crippen LogP contribution in [0.15, 0.2) is 72.8 Å². The lowest BCUT2D eigenvalue weighted by Crippen LogP contribution is -2.25. The predicted octanol–water partition coefficient (Wildman–Crippen LogP) is 4.93. The van der Waals surface area contributed by atoms with Crippen LogP contribution < -0.4 is 14.8 Å². The lowest BCUT2D eigenvalue weighted by molar-refractivity contribution is -0.118. The highest BCUT2D eigenvalue weighted by Gasteiger charge is 2.25. The van der Waals surface area contributed by atoms with E-state index in [1.807, 2.05) is 31.2 Å². The average Bonchev–Trinajstić information content (AvgIpc) is 3.22. The number of rotatable bonds is 9. The number of esters is 1. The molecule has 0 aliphatic rings. The fourth-order valence-corrected chi connectivity index (χ4v) is 3.81. The van der Waals surface area contributed by atoms with Crippen molar-refractivity contribution in [1.29, 1.82) is 0 Å². The molecule has 0 bridgehead atoms. The van der Waals surface area contributed by atoms with Gasteiger partial charge in [-0.3, -0.25) is 9.59 Å². The van der Waals surface area contributed by atoms with E-state index in [1.165, 1.54) is 12.1 Å². The number of hydrogen-bond acceptors (Lipinski definition) is 6. The zero-order valence-corrected chi connectivity index (χ0v) is 20.2. The van der Waals surface area contributed by atoms with Gasteiger partial charge in [-0.05, 0) is 56.3 Å². The normalized spacial score (nSPS) is 11.5. The van der Waals surface area contributed by atoms with Gasteiger partial charge in [0, 0.05) is 33.9 Å². The van der Waals surface area contributed by atoms with E-state index in [0.717, 1.165) is 16.6 Å². The van der Waals surface area contributed by atoms with Gasteiger partial charge >= 0.3 is 5.97 Å². The number of fused-ring (bicyclic) bond motifs is 1. The first kappa shape index (κ1) is 24.5. The van der Waals surface area contributed by atoms with Crippen LogP contribution in [0.5, 0.6) is 11.5 Å². The van der Waals surface area contributed by atoms with Crippen molar-refractivity contribution in [3.63, 3.8) is 0 Å². The first-order valence-corrected chi connectivity index (χ1v) is 11.3. The van der Waals surface area contributed by atoms with E-state index < -0.39 is 12.1 Å². The average molecular weight is 487 g/mol. The molecule has 0 radical (unpaired) electrons. The SMILES string of the molecule is COc1cccc(NC(=O)COc2ccc(C(=O)OC(C)C(=O)c3c(C)[nH]c4ccccc34)cc2)c1. The summed E-state index contributed by atoms with van der Waals surface area (Å²) in [6.45, 7) is 3.16. The van der Waals surface area contributed by atoms with Gasteiger partial charge < -0.3 is 24.5 Å². The molecule has 8 nitrogen and oxygen atoms in total. The minimum Gasteiger partial charge on any atom is -0.497 e. The molecule has 1 amide bonds. The lowest BCUT2D eigenvalue weighted by Gasteiger charge is -2.13. The van der Waals surface area contributed by atoms with Gasteiger partial charge in [0.25, 0.3) is 5.91 Å². The van der Waals surface area contributed by atoms with Crippen LogP contribution in [-0.2, 0) is 9.53 Å². The minimum absolute atomic E-state index is 0.212. The van der Waals surface area contributed by atoms with Crippen molar-refractivity contribution in [3.05, 3.63) is 89.6 Å². The smallest absolute Gasteiger partial charge is 0.338 e. The van der Waals surface area contributed by atoms with Crippen molar-refractivity contribution < 1.29 is 28.6 Å². The van der Waals surface area contributed by atoms with Crippen LogP contribution in [0.3, 0.4) is 0 Å². The maximum atomic E-state index is 13.0. The van der Waals surface area contributed by atoms with Crippen LogP contribution in [-0.4, -0.2) is 42.5 Å². The third-order valence-corrected chi connectivity index (χ3v) is 5.61. The standard InChI is InChI=1S/C28H26N2O6/c1-17-26(23-9-4-5-10-24(23)29-17)27(32)18(2)36-28(33)19-11-13-21(14-12-19)35-16-25(31)30-20-7-6-8-22(15-20)34-3/h4-15,18,29H,16H2,1-3H3,(H,30,31). The maximum absolute atomic E-state index is 13.0. The van der Waals surface area contributed by atoms with E-state index in [-0.39, 0.29) is 23.9 Å². The van der Waals surface area contributed by atoms with Crippen molar-refractivity contribution in [1.82, 2.24) is 4.98 Å². The number of aromatic amines is 1. The maximum Gasteiger partial charge on any atom is 0.338 e. The summed E-state index contributed by atoms with van der Waals surface area (Å²) in [5.74, 6) is -0.211. The van der Waals surface area contributed by atoms with Crippen LogP contribution in [0.25, 0.3) is 10.9 Å². The fourth-order valence-electron chi connectivity index (χ4n) is 3.81. The number of carbonyl (C=O) groups excluding carboxylic acids is 3. The molecule has 1 unspecified atom stereocenters. The van der Waals surface area contributed by atoms with E-state index in [9.17, 15) is 14.4 Å². The van der Waals surface area contributed by atoms with Crippen LogP contribution in [0.4, 0.5) is 5.69 Å². The Morgan fingerprint density at radius 1 is 0.944 bits per heavy atom. The molecule has 2 N–H and O–H groups in total. The number of nitrogens with one attached hydrogen (secondary N) is 2. The number of carbonyl (C=O) groups is 3. The molecule has 36 heavy (non-hydrogen) atoms. The second kappa shape index (κ2) is 10.8. The Hall–Kier alpha value is -4.59. The number of Topliss-reactive ketones (excluding diaryl/α,β-unsaturated/α-hetero) is 1. The number of para-hydroxylation sites is 1. The summed E-state index contributed by atoms with van der Waals surface area (Å²) in [5, 5.41) is 3.51. The van der Waals surface area contributed by atoms with Gasteiger partial charge in [-0.2, -0.15) is 0 Å². The zero-order chi connectivity index (χ0) is 25.7. The van der Waals surface area contributed by atoms with Crippen molar-refractivity contribution in [2.75, 3.05) is 19.0 Å². The Balaban J connectivity index is 1.32. The molecule has 4 aromatic rings. The Labute approximate surface area is 208 Å². The molecule has 0 spiro atoms. The van der Waals surface area contributed by atoms with Crippen LogP contribution in [0.1, 0.15) is 33.3 Å². The quantitative estimate of drug-likeness (QED) is 0.257. The first-order chi connectivity index (χ1) is 17.4. The fraction of sp³-hybridized carbons (Fsp3) is 0.179. The number of benzene rings is 3. The molecular formula is C28H26N2O6. The van der Waals surface area contributed by atoms with E-state index in [2.05, 4.69) is 10.3 Å². The van der Waals surface area contributed by atoms with Crippen molar-refractivity contribution in [3.8, 4) is 11.5 Å². The molecule has 3 aromatic carbocycles. The summed E-state index contributed by atoms with van der Waals surface area (Å²) in [6.07, 6.45) is -0.966. The van der Waals surface area contributed by atoms with Crippen LogP contribution >= 0.6 is 0 Å². The number of amides is 1. The number of hydrogen-bond donors (Lipinski definition) is 2. The molecule has 8 heteroatoms. The van der Waals surface area contributed by atoms with E-state index >= 15 is 0 Å². The van der Waals surface area contributed by atoms with Crippen LogP contribution in [0, 0.1) is 6.92 Å². The number of aromatic nitrogens is 1. The van der Waals surface area contributed by atoms with Crippen molar-refractivity contribution in [2.24, 2.45) is 0 Å². The highest BCUT2D eigenvalue weighted by atomic mass is 16.5. The van der Waals surface area contributed by atoms with Crippen LogP contribution in [0.2, 0.25) is 0 Å². The molecule has 0 aliphatic carbocycles. The molecule has 0 aliphatic heterocycles. The van der Waals surface area contributed by atoms with Crippen molar-refractivity contribution >= 4 is 34.3 Å². The monoisotopic (exact) mass is 486 g/mol. The number of methoxy groups -OCH3 is 1. The number of ether oxygens (including phenoxy) is 3. The second-order valence-corrected chi connectivity index (χ2v) is 8.18. The van der Waals surface area contributed by atoms with Gasteiger partial charge in [0.1, 0.15) is 11.5 Å². The summed E-state index contributed by atoms with van der Waals surface area (Å²) < 4.78 is 16.1. The van der Waals surface area contributed by atoms with Crippen molar-refractivity contribution in [2.45, 2.75) is 20.0 Å². The van der Waals surface area contributed by atoms with Gasteiger partial charge in [-0.15, -0.1) is 0 Å². The predicted molar refractivity (Wildman–Crippen MR) is 136 cm³/mol.